The zero-order valence-corrected chi connectivity index (χ0v) is 17.9. The minimum absolute atomic E-state index is 0.00437. The lowest BCUT2D eigenvalue weighted by molar-refractivity contribution is -0.274. The van der Waals surface area contributed by atoms with Crippen LogP contribution in [-0.2, 0) is 9.59 Å². The number of hydrogen-bond acceptors (Lipinski definition) is 6. The van der Waals surface area contributed by atoms with Crippen molar-refractivity contribution in [2.24, 2.45) is 0 Å². The number of carbonyl (C=O) groups is 2. The zero-order valence-electron chi connectivity index (χ0n) is 17.9. The van der Waals surface area contributed by atoms with E-state index in [1.807, 2.05) is 0 Å². The number of benzene rings is 2. The molecule has 0 saturated heterocycles. The molecule has 0 radical (unpaired) electrons. The van der Waals surface area contributed by atoms with Crippen LogP contribution in [0.3, 0.4) is 0 Å². The van der Waals surface area contributed by atoms with E-state index >= 15 is 0 Å². The average Bonchev–Trinajstić information content (AvgIpc) is 3.41. The number of halogens is 3. The Morgan fingerprint density at radius 3 is 2.47 bits per heavy atom. The van der Waals surface area contributed by atoms with Gasteiger partial charge in [-0.1, -0.05) is 42.4 Å². The third-order valence-corrected chi connectivity index (χ3v) is 5.30. The molecule has 0 aliphatic carbocycles. The second kappa shape index (κ2) is 9.05. The Bertz CT molecular complexity index is 1230. The maximum atomic E-state index is 13.1. The highest BCUT2D eigenvalue weighted by Crippen LogP contribution is 2.45. The molecule has 1 unspecified atom stereocenters. The molecule has 3 aromatic rings. The van der Waals surface area contributed by atoms with Gasteiger partial charge in [0, 0.05) is 29.3 Å². The van der Waals surface area contributed by atoms with Crippen molar-refractivity contribution in [3.63, 3.8) is 0 Å². The molecule has 1 atom stereocenters. The van der Waals surface area contributed by atoms with Gasteiger partial charge in [0.1, 0.15) is 17.7 Å². The number of aliphatic hydroxyl groups excluding tert-OH is 1. The number of rotatable bonds is 7. The molecule has 0 spiro atoms. The first kappa shape index (κ1) is 23.1. The number of aliphatic hydroxyl groups is 1. The fraction of sp³-hybridized carbons (Fsp3) is 0.208. The van der Waals surface area contributed by atoms with Crippen LogP contribution in [0, 0.1) is 0 Å². The third-order valence-electron chi connectivity index (χ3n) is 5.30. The smallest absolute Gasteiger partial charge is 0.503 e. The highest BCUT2D eigenvalue weighted by molar-refractivity contribution is 6.16. The third kappa shape index (κ3) is 4.39. The Hall–Kier alpha value is -4.08. The van der Waals surface area contributed by atoms with Crippen LogP contribution in [0.1, 0.15) is 31.4 Å². The number of ketones is 1. The summed E-state index contributed by atoms with van der Waals surface area (Å²) < 4.78 is 48.3. The van der Waals surface area contributed by atoms with Crippen molar-refractivity contribution < 1.29 is 37.1 Å². The van der Waals surface area contributed by atoms with Gasteiger partial charge in [-0.2, -0.15) is 0 Å². The molecule has 34 heavy (non-hydrogen) atoms. The number of para-hydroxylation sites is 1. The number of amides is 1. The summed E-state index contributed by atoms with van der Waals surface area (Å²) in [7, 11) is 0. The van der Waals surface area contributed by atoms with Crippen molar-refractivity contribution >= 4 is 17.4 Å². The normalized spacial score (nSPS) is 16.3. The first-order valence-electron chi connectivity index (χ1n) is 10.4. The lowest BCUT2D eigenvalue weighted by Gasteiger charge is -2.28. The van der Waals surface area contributed by atoms with E-state index < -0.39 is 35.6 Å². The number of aromatic nitrogens is 1. The molecule has 0 fully saturated rings. The number of alkyl halides is 3. The van der Waals surface area contributed by atoms with Gasteiger partial charge < -0.3 is 14.4 Å². The summed E-state index contributed by atoms with van der Waals surface area (Å²) in [4.78, 5) is 27.1. The Balaban J connectivity index is 1.83. The molecule has 2 aromatic carbocycles. The van der Waals surface area contributed by atoms with E-state index in [2.05, 4.69) is 9.89 Å². The van der Waals surface area contributed by atoms with Crippen LogP contribution >= 0.6 is 0 Å². The summed E-state index contributed by atoms with van der Waals surface area (Å²) in [5, 5.41) is 14.5. The number of hydrogen-bond donors (Lipinski definition) is 1. The molecule has 2 heterocycles. The van der Waals surface area contributed by atoms with Gasteiger partial charge in [0.25, 0.3) is 5.91 Å². The highest BCUT2D eigenvalue weighted by Gasteiger charge is 2.46. The van der Waals surface area contributed by atoms with E-state index in [0.29, 0.717) is 17.7 Å². The van der Waals surface area contributed by atoms with Gasteiger partial charge in [0.15, 0.2) is 11.5 Å². The molecule has 0 bridgehead atoms. The molecule has 10 heteroatoms. The zero-order chi connectivity index (χ0) is 24.5. The van der Waals surface area contributed by atoms with Crippen LogP contribution < -0.4 is 9.64 Å². The lowest BCUT2D eigenvalue weighted by Crippen LogP contribution is -2.31. The topological polar surface area (TPSA) is 92.9 Å². The maximum Gasteiger partial charge on any atom is 0.573 e. The molecule has 4 rings (SSSR count). The van der Waals surface area contributed by atoms with E-state index in [0.717, 1.165) is 11.0 Å². The fourth-order valence-electron chi connectivity index (χ4n) is 3.89. The van der Waals surface area contributed by atoms with Crippen LogP contribution in [0.4, 0.5) is 18.9 Å². The number of carbonyl (C=O) groups excluding carboxylic acids is 2. The van der Waals surface area contributed by atoms with Gasteiger partial charge in [-0.25, -0.2) is 0 Å². The first-order valence-corrected chi connectivity index (χ1v) is 10.4. The van der Waals surface area contributed by atoms with Crippen LogP contribution in [0.5, 0.6) is 5.75 Å². The first-order chi connectivity index (χ1) is 16.2. The van der Waals surface area contributed by atoms with E-state index in [1.54, 1.807) is 37.3 Å². The minimum Gasteiger partial charge on any atom is -0.503 e. The van der Waals surface area contributed by atoms with Crippen molar-refractivity contribution in [3.05, 3.63) is 77.8 Å². The van der Waals surface area contributed by atoms with E-state index in [-0.39, 0.29) is 23.2 Å². The monoisotopic (exact) mass is 472 g/mol. The second-order valence-corrected chi connectivity index (χ2v) is 7.53. The minimum atomic E-state index is -5.00. The number of ether oxygens (including phenoxy) is 1. The van der Waals surface area contributed by atoms with Crippen molar-refractivity contribution in [1.82, 2.24) is 5.16 Å². The van der Waals surface area contributed by atoms with E-state index in [4.69, 9.17) is 4.52 Å². The van der Waals surface area contributed by atoms with Crippen LogP contribution in [0.2, 0.25) is 0 Å². The standard InChI is InChI=1S/C24H19F3N2O5/c1-2-5-18(30)20-21(16-6-3-4-7-19(16)34-24(25,26)27)29(23(32)22(20)31)15-10-8-14(9-11-15)17-12-13-33-28-17/h3-4,6-13,21,31H,2,5H2,1H3. The van der Waals surface area contributed by atoms with E-state index in [9.17, 15) is 27.9 Å². The largest absolute Gasteiger partial charge is 0.573 e. The summed E-state index contributed by atoms with van der Waals surface area (Å²) >= 11 is 0. The molecule has 1 aliphatic heterocycles. The average molecular weight is 472 g/mol. The van der Waals surface area contributed by atoms with Crippen LogP contribution in [-0.4, -0.2) is 28.3 Å². The Kier molecular flexibility index (Phi) is 6.14. The highest BCUT2D eigenvalue weighted by atomic mass is 19.4. The molecule has 1 N–H and O–H groups in total. The quantitative estimate of drug-likeness (QED) is 0.488. The Morgan fingerprint density at radius 1 is 1.15 bits per heavy atom. The van der Waals surface area contributed by atoms with Crippen molar-refractivity contribution in [2.75, 3.05) is 4.90 Å². The summed E-state index contributed by atoms with van der Waals surface area (Å²) in [6.45, 7) is 1.74. The number of Topliss-reactive ketones (excluding diaryl/α,β-unsaturated/α-hetero) is 1. The second-order valence-electron chi connectivity index (χ2n) is 7.53. The van der Waals surface area contributed by atoms with Gasteiger partial charge in [0.05, 0.1) is 11.6 Å². The SMILES string of the molecule is CCCC(=O)C1=C(O)C(=O)N(c2ccc(-c3ccon3)cc2)C1c1ccccc1OC(F)(F)F. The molecule has 1 amide bonds. The molecule has 1 aliphatic rings. The molecule has 176 valence electrons. The van der Waals surface area contributed by atoms with Gasteiger partial charge in [-0.3, -0.25) is 14.5 Å². The van der Waals surface area contributed by atoms with Crippen molar-refractivity contribution in [1.29, 1.82) is 0 Å². The number of anilines is 1. The maximum absolute atomic E-state index is 13.1. The molecule has 7 nitrogen and oxygen atoms in total. The predicted octanol–water partition coefficient (Wildman–Crippen LogP) is 5.51. The van der Waals surface area contributed by atoms with Crippen molar-refractivity contribution in [2.45, 2.75) is 32.2 Å². The molecular weight excluding hydrogens is 453 g/mol. The predicted molar refractivity (Wildman–Crippen MR) is 115 cm³/mol. The van der Waals surface area contributed by atoms with Crippen molar-refractivity contribution in [3.8, 4) is 17.0 Å². The van der Waals surface area contributed by atoms with Gasteiger partial charge in [-0.05, 0) is 24.6 Å². The Morgan fingerprint density at radius 2 is 1.85 bits per heavy atom. The summed E-state index contributed by atoms with van der Waals surface area (Å²) in [5.41, 5.74) is 1.11. The van der Waals surface area contributed by atoms with E-state index in [1.165, 1.54) is 24.5 Å². The van der Waals surface area contributed by atoms with Gasteiger partial charge in [-0.15, -0.1) is 13.2 Å². The molecule has 1 aromatic heterocycles. The summed E-state index contributed by atoms with van der Waals surface area (Å²) in [5.74, 6) is -2.82. The summed E-state index contributed by atoms with van der Waals surface area (Å²) in [6, 6.07) is 11.9. The molecular formula is C24H19F3N2O5. The van der Waals surface area contributed by atoms with Crippen LogP contribution in [0.25, 0.3) is 11.3 Å². The van der Waals surface area contributed by atoms with Crippen LogP contribution in [0.15, 0.2) is 76.7 Å². The Labute approximate surface area is 192 Å². The van der Waals surface area contributed by atoms with Gasteiger partial charge >= 0.3 is 6.36 Å². The molecule has 0 saturated carbocycles. The lowest BCUT2D eigenvalue weighted by atomic mass is 9.93. The van der Waals surface area contributed by atoms with Gasteiger partial charge in [0.2, 0.25) is 0 Å². The fourth-order valence-corrected chi connectivity index (χ4v) is 3.89. The number of nitrogens with zero attached hydrogens (tertiary/aromatic N) is 2. The summed E-state index contributed by atoms with van der Waals surface area (Å²) in [6.07, 6.45) is -3.18.